The van der Waals surface area contributed by atoms with Crippen molar-refractivity contribution in [1.82, 2.24) is 14.8 Å². The first-order valence-electron chi connectivity index (χ1n) is 7.34. The van der Waals surface area contributed by atoms with Crippen molar-refractivity contribution in [3.63, 3.8) is 0 Å². The molecular formula is C15H17FN4S. The molecule has 0 unspecified atom stereocenters. The molecule has 2 aliphatic carbocycles. The van der Waals surface area contributed by atoms with E-state index >= 15 is 0 Å². The number of rotatable bonds is 5. The number of anilines is 1. The predicted molar refractivity (Wildman–Crippen MR) is 80.6 cm³/mol. The van der Waals surface area contributed by atoms with E-state index in [4.69, 9.17) is 5.73 Å². The third-order valence-electron chi connectivity index (χ3n) is 3.98. The average Bonchev–Trinajstić information content (AvgIpc) is 3.39. The Hall–Kier alpha value is -1.56. The topological polar surface area (TPSA) is 56.7 Å². The summed E-state index contributed by atoms with van der Waals surface area (Å²) in [5.74, 6) is 2.10. The molecule has 0 radical (unpaired) electrons. The number of nitrogen functional groups attached to an aromatic ring is 1. The van der Waals surface area contributed by atoms with Crippen molar-refractivity contribution in [2.45, 2.75) is 48.6 Å². The molecule has 1 aromatic heterocycles. The third-order valence-corrected chi connectivity index (χ3v) is 4.99. The molecule has 6 heteroatoms. The van der Waals surface area contributed by atoms with Crippen LogP contribution in [0.2, 0.25) is 0 Å². The van der Waals surface area contributed by atoms with Gasteiger partial charge in [0, 0.05) is 17.7 Å². The Balaban J connectivity index is 1.53. The molecule has 0 aliphatic heterocycles. The first-order chi connectivity index (χ1) is 10.2. The maximum atomic E-state index is 13.5. The summed E-state index contributed by atoms with van der Waals surface area (Å²) in [6.07, 6.45) is 4.92. The second-order valence-corrected chi connectivity index (χ2v) is 6.80. The van der Waals surface area contributed by atoms with Crippen molar-refractivity contribution in [3.8, 4) is 0 Å². The van der Waals surface area contributed by atoms with Crippen LogP contribution in [0.1, 0.15) is 49.0 Å². The van der Waals surface area contributed by atoms with Crippen LogP contribution in [-0.2, 0) is 5.75 Å². The van der Waals surface area contributed by atoms with E-state index < -0.39 is 0 Å². The lowest BCUT2D eigenvalue weighted by Gasteiger charge is -2.08. The summed E-state index contributed by atoms with van der Waals surface area (Å²) < 4.78 is 15.8. The first-order valence-corrected chi connectivity index (χ1v) is 8.32. The number of nitrogens with zero attached hydrogens (tertiary/aromatic N) is 3. The van der Waals surface area contributed by atoms with Gasteiger partial charge in [0.25, 0.3) is 0 Å². The fourth-order valence-corrected chi connectivity index (χ4v) is 3.45. The van der Waals surface area contributed by atoms with E-state index in [0.29, 0.717) is 17.7 Å². The summed E-state index contributed by atoms with van der Waals surface area (Å²) in [6, 6.07) is 5.57. The number of benzene rings is 1. The van der Waals surface area contributed by atoms with E-state index in [-0.39, 0.29) is 11.5 Å². The van der Waals surface area contributed by atoms with Crippen molar-refractivity contribution in [2.24, 2.45) is 0 Å². The zero-order valence-electron chi connectivity index (χ0n) is 11.6. The van der Waals surface area contributed by atoms with Crippen LogP contribution in [0.15, 0.2) is 23.4 Å². The standard InChI is InChI=1S/C15H17FN4S/c16-12-7-9(1-6-13(12)17)8-21-15-19-18-14(10-2-3-10)20(15)11-4-5-11/h1,6-7,10-11H,2-5,8,17H2. The molecule has 4 nitrogen and oxygen atoms in total. The number of halogens is 1. The van der Waals surface area contributed by atoms with Gasteiger partial charge in [-0.2, -0.15) is 0 Å². The van der Waals surface area contributed by atoms with Gasteiger partial charge >= 0.3 is 0 Å². The Morgan fingerprint density at radius 2 is 2.05 bits per heavy atom. The van der Waals surface area contributed by atoms with Crippen LogP contribution in [0.25, 0.3) is 0 Å². The molecule has 0 atom stereocenters. The average molecular weight is 304 g/mol. The molecule has 110 valence electrons. The molecule has 2 N–H and O–H groups in total. The van der Waals surface area contributed by atoms with Gasteiger partial charge in [0.15, 0.2) is 5.16 Å². The summed E-state index contributed by atoms with van der Waals surface area (Å²) in [6.45, 7) is 0. The van der Waals surface area contributed by atoms with E-state index in [2.05, 4.69) is 14.8 Å². The van der Waals surface area contributed by atoms with Crippen molar-refractivity contribution in [2.75, 3.05) is 5.73 Å². The zero-order valence-corrected chi connectivity index (χ0v) is 12.4. The number of aromatic nitrogens is 3. The van der Waals surface area contributed by atoms with Crippen LogP contribution < -0.4 is 5.73 Å². The van der Waals surface area contributed by atoms with Gasteiger partial charge in [-0.1, -0.05) is 17.8 Å². The Morgan fingerprint density at radius 3 is 2.71 bits per heavy atom. The van der Waals surface area contributed by atoms with Gasteiger partial charge in [-0.25, -0.2) is 4.39 Å². The number of thioether (sulfide) groups is 1. The molecule has 0 saturated heterocycles. The monoisotopic (exact) mass is 304 g/mol. The summed E-state index contributed by atoms with van der Waals surface area (Å²) >= 11 is 1.63. The summed E-state index contributed by atoms with van der Waals surface area (Å²) in [5.41, 5.74) is 6.62. The minimum absolute atomic E-state index is 0.195. The molecule has 0 spiro atoms. The number of hydrogen-bond donors (Lipinski definition) is 1. The molecule has 1 aromatic carbocycles. The van der Waals surface area contributed by atoms with Crippen LogP contribution in [0.4, 0.5) is 10.1 Å². The normalized spacial score (nSPS) is 18.1. The van der Waals surface area contributed by atoms with Crippen LogP contribution in [0.3, 0.4) is 0 Å². The maximum Gasteiger partial charge on any atom is 0.191 e. The lowest BCUT2D eigenvalue weighted by atomic mass is 10.2. The minimum Gasteiger partial charge on any atom is -0.396 e. The maximum absolute atomic E-state index is 13.5. The molecular weight excluding hydrogens is 287 g/mol. The molecule has 4 rings (SSSR count). The Morgan fingerprint density at radius 1 is 1.24 bits per heavy atom. The lowest BCUT2D eigenvalue weighted by Crippen LogP contribution is -2.02. The van der Waals surface area contributed by atoms with Gasteiger partial charge < -0.3 is 10.3 Å². The highest BCUT2D eigenvalue weighted by atomic mass is 32.2. The number of nitrogens with two attached hydrogens (primary N) is 1. The largest absolute Gasteiger partial charge is 0.396 e. The lowest BCUT2D eigenvalue weighted by molar-refractivity contribution is 0.626. The predicted octanol–water partition coefficient (Wildman–Crippen LogP) is 3.50. The van der Waals surface area contributed by atoms with Crippen LogP contribution >= 0.6 is 11.8 Å². The van der Waals surface area contributed by atoms with Gasteiger partial charge in [0.2, 0.25) is 0 Å². The van der Waals surface area contributed by atoms with Gasteiger partial charge in [-0.3, -0.25) is 0 Å². The summed E-state index contributed by atoms with van der Waals surface area (Å²) in [7, 11) is 0. The highest BCUT2D eigenvalue weighted by Crippen LogP contribution is 2.46. The fraction of sp³-hybridized carbons (Fsp3) is 0.467. The molecule has 2 saturated carbocycles. The quantitative estimate of drug-likeness (QED) is 0.678. The summed E-state index contributed by atoms with van der Waals surface area (Å²) in [5, 5.41) is 9.70. The van der Waals surface area contributed by atoms with Gasteiger partial charge in [-0.15, -0.1) is 10.2 Å². The molecule has 0 bridgehead atoms. The van der Waals surface area contributed by atoms with E-state index in [9.17, 15) is 4.39 Å². The first kappa shape index (κ1) is 13.1. The Labute approximate surface area is 126 Å². The van der Waals surface area contributed by atoms with Gasteiger partial charge in [-0.05, 0) is 43.4 Å². The van der Waals surface area contributed by atoms with Crippen molar-refractivity contribution in [1.29, 1.82) is 0 Å². The minimum atomic E-state index is -0.351. The Kier molecular flexibility index (Phi) is 3.14. The second-order valence-electron chi connectivity index (χ2n) is 5.86. The third kappa shape index (κ3) is 2.64. The van der Waals surface area contributed by atoms with Crippen LogP contribution in [0, 0.1) is 5.82 Å². The van der Waals surface area contributed by atoms with E-state index in [1.165, 1.54) is 31.7 Å². The molecule has 21 heavy (non-hydrogen) atoms. The SMILES string of the molecule is Nc1ccc(CSc2nnc(C3CC3)n2C2CC2)cc1F. The van der Waals surface area contributed by atoms with Gasteiger partial charge in [0.1, 0.15) is 11.6 Å². The van der Waals surface area contributed by atoms with E-state index in [1.54, 1.807) is 17.8 Å². The summed E-state index contributed by atoms with van der Waals surface area (Å²) in [4.78, 5) is 0. The molecule has 2 aromatic rings. The molecule has 2 fully saturated rings. The highest BCUT2D eigenvalue weighted by Gasteiger charge is 2.36. The fourth-order valence-electron chi connectivity index (χ4n) is 2.49. The molecule has 2 aliphatic rings. The zero-order chi connectivity index (χ0) is 14.4. The molecule has 0 amide bonds. The van der Waals surface area contributed by atoms with E-state index in [0.717, 1.165) is 16.5 Å². The smallest absolute Gasteiger partial charge is 0.191 e. The van der Waals surface area contributed by atoms with E-state index in [1.807, 2.05) is 6.07 Å². The second kappa shape index (κ2) is 5.02. The van der Waals surface area contributed by atoms with Gasteiger partial charge in [0.05, 0.1) is 5.69 Å². The Bertz CT molecular complexity index is 676. The van der Waals surface area contributed by atoms with Crippen molar-refractivity contribution < 1.29 is 4.39 Å². The van der Waals surface area contributed by atoms with Crippen LogP contribution in [-0.4, -0.2) is 14.8 Å². The highest BCUT2D eigenvalue weighted by molar-refractivity contribution is 7.98. The van der Waals surface area contributed by atoms with Crippen molar-refractivity contribution >= 4 is 17.4 Å². The van der Waals surface area contributed by atoms with Crippen LogP contribution in [0.5, 0.6) is 0 Å². The number of hydrogen-bond acceptors (Lipinski definition) is 4. The van der Waals surface area contributed by atoms with Crippen molar-refractivity contribution in [3.05, 3.63) is 35.4 Å². The molecule has 1 heterocycles.